The summed E-state index contributed by atoms with van der Waals surface area (Å²) in [5.41, 5.74) is 3.28. The van der Waals surface area contributed by atoms with Crippen molar-refractivity contribution in [3.63, 3.8) is 0 Å². The van der Waals surface area contributed by atoms with Gasteiger partial charge in [-0.15, -0.1) is 0 Å². The van der Waals surface area contributed by atoms with E-state index in [9.17, 15) is 18.0 Å². The average Bonchev–Trinajstić information content (AvgIpc) is 2.90. The first-order valence-electron chi connectivity index (χ1n) is 13.5. The number of nitrogens with one attached hydrogen (secondary N) is 1. The largest absolute Gasteiger partial charge is 0.352 e. The number of rotatable bonds is 11. The van der Waals surface area contributed by atoms with E-state index in [1.165, 1.54) is 17.0 Å². The van der Waals surface area contributed by atoms with Gasteiger partial charge in [0.05, 0.1) is 10.6 Å². The molecule has 3 aromatic carbocycles. The minimum absolute atomic E-state index is 0.0575. The third kappa shape index (κ3) is 7.82. The van der Waals surface area contributed by atoms with E-state index in [0.717, 1.165) is 15.4 Å². The van der Waals surface area contributed by atoms with Crippen LogP contribution in [-0.2, 0) is 26.2 Å². The predicted octanol–water partition coefficient (Wildman–Crippen LogP) is 6.45. The zero-order valence-corrected chi connectivity index (χ0v) is 26.6. The monoisotopic (exact) mass is 617 g/mol. The number of halogens is 2. The van der Waals surface area contributed by atoms with Crippen molar-refractivity contribution in [2.75, 3.05) is 10.8 Å². The molecule has 0 aliphatic carbocycles. The maximum atomic E-state index is 14.2. The van der Waals surface area contributed by atoms with E-state index in [2.05, 4.69) is 5.32 Å². The van der Waals surface area contributed by atoms with Gasteiger partial charge in [-0.2, -0.15) is 0 Å². The first-order valence-corrected chi connectivity index (χ1v) is 15.6. The fraction of sp³-hybridized carbons (Fsp3) is 0.355. The van der Waals surface area contributed by atoms with Crippen LogP contribution >= 0.6 is 23.2 Å². The summed E-state index contributed by atoms with van der Waals surface area (Å²) in [6.45, 7) is 10.4. The minimum atomic E-state index is -4.17. The van der Waals surface area contributed by atoms with Gasteiger partial charge >= 0.3 is 0 Å². The van der Waals surface area contributed by atoms with Gasteiger partial charge in [-0.1, -0.05) is 66.0 Å². The molecule has 0 radical (unpaired) electrons. The molecule has 0 saturated heterocycles. The fourth-order valence-corrected chi connectivity index (χ4v) is 6.48. The van der Waals surface area contributed by atoms with Crippen LogP contribution in [0.5, 0.6) is 0 Å². The molecule has 1 N–H and O–H groups in total. The van der Waals surface area contributed by atoms with Gasteiger partial charge in [0.2, 0.25) is 11.8 Å². The van der Waals surface area contributed by atoms with Crippen molar-refractivity contribution >= 4 is 50.7 Å². The Kier molecular flexibility index (Phi) is 10.9. The Morgan fingerprint density at radius 2 is 1.49 bits per heavy atom. The summed E-state index contributed by atoms with van der Waals surface area (Å²) in [5.74, 6) is -0.915. The van der Waals surface area contributed by atoms with Crippen LogP contribution in [0.1, 0.15) is 49.4 Å². The third-order valence-corrected chi connectivity index (χ3v) is 9.21. The fourth-order valence-electron chi connectivity index (χ4n) is 4.49. The number of benzene rings is 3. The second kappa shape index (κ2) is 13.7. The number of nitrogens with zero attached hydrogens (tertiary/aromatic N) is 2. The van der Waals surface area contributed by atoms with Crippen LogP contribution in [0.3, 0.4) is 0 Å². The molecule has 10 heteroatoms. The first kappa shape index (κ1) is 32.4. The van der Waals surface area contributed by atoms with Crippen LogP contribution in [0.25, 0.3) is 0 Å². The molecule has 3 rings (SSSR count). The maximum Gasteiger partial charge on any atom is 0.264 e. The molecule has 0 fully saturated rings. The maximum absolute atomic E-state index is 14.2. The van der Waals surface area contributed by atoms with E-state index in [1.807, 2.05) is 39.8 Å². The second-order valence-electron chi connectivity index (χ2n) is 10.4. The smallest absolute Gasteiger partial charge is 0.264 e. The zero-order chi connectivity index (χ0) is 30.5. The van der Waals surface area contributed by atoms with Crippen molar-refractivity contribution in [2.24, 2.45) is 0 Å². The van der Waals surface area contributed by atoms with E-state index in [0.29, 0.717) is 33.3 Å². The number of anilines is 1. The van der Waals surface area contributed by atoms with Gasteiger partial charge < -0.3 is 10.2 Å². The molecule has 220 valence electrons. The molecule has 0 aliphatic heterocycles. The van der Waals surface area contributed by atoms with Crippen LogP contribution in [0.2, 0.25) is 10.0 Å². The highest BCUT2D eigenvalue weighted by Crippen LogP contribution is 2.30. The lowest BCUT2D eigenvalue weighted by atomic mass is 10.1. The lowest BCUT2D eigenvalue weighted by Gasteiger charge is -2.34. The Balaban J connectivity index is 2.15. The predicted molar refractivity (Wildman–Crippen MR) is 166 cm³/mol. The number of hydrogen-bond donors (Lipinski definition) is 1. The van der Waals surface area contributed by atoms with Crippen molar-refractivity contribution in [1.29, 1.82) is 0 Å². The number of sulfonamides is 1. The summed E-state index contributed by atoms with van der Waals surface area (Å²) >= 11 is 12.9. The Bertz CT molecular complexity index is 1490. The molecule has 0 bridgehead atoms. The van der Waals surface area contributed by atoms with Crippen molar-refractivity contribution in [2.45, 2.75) is 71.5 Å². The summed E-state index contributed by atoms with van der Waals surface area (Å²) in [7, 11) is -4.17. The summed E-state index contributed by atoms with van der Waals surface area (Å²) in [6.07, 6.45) is 0.292. The number of aryl methyl sites for hydroxylation is 3. The Hall–Kier alpha value is -3.07. The summed E-state index contributed by atoms with van der Waals surface area (Å²) in [4.78, 5) is 28.9. The number of amides is 2. The van der Waals surface area contributed by atoms with Gasteiger partial charge in [0, 0.05) is 28.2 Å². The molecule has 0 spiro atoms. The van der Waals surface area contributed by atoms with E-state index >= 15 is 0 Å². The van der Waals surface area contributed by atoms with Gasteiger partial charge in [0.25, 0.3) is 10.0 Å². The highest BCUT2D eigenvalue weighted by atomic mass is 35.5. The van der Waals surface area contributed by atoms with Crippen molar-refractivity contribution < 1.29 is 18.0 Å². The van der Waals surface area contributed by atoms with Gasteiger partial charge in [0.1, 0.15) is 12.6 Å². The van der Waals surface area contributed by atoms with Gasteiger partial charge in [-0.25, -0.2) is 8.42 Å². The SMILES string of the molecule is CCC(C(=O)NC(C)C)N(Cc1c(Cl)cccc1Cl)C(=O)CN(c1cc(C)ccc1C)S(=O)(=O)c1ccc(C)cc1. The Labute approximate surface area is 253 Å². The molecular weight excluding hydrogens is 581 g/mol. The van der Waals surface area contributed by atoms with E-state index in [-0.39, 0.29) is 23.4 Å². The zero-order valence-electron chi connectivity index (χ0n) is 24.2. The highest BCUT2D eigenvalue weighted by Gasteiger charge is 2.35. The first-order chi connectivity index (χ1) is 19.3. The Morgan fingerprint density at radius 1 is 0.902 bits per heavy atom. The molecule has 0 saturated carbocycles. The van der Waals surface area contributed by atoms with Gasteiger partial charge in [-0.05, 0) is 82.5 Å². The molecule has 1 atom stereocenters. The quantitative estimate of drug-likeness (QED) is 0.268. The second-order valence-corrected chi connectivity index (χ2v) is 13.1. The van der Waals surface area contributed by atoms with Gasteiger partial charge in [-0.3, -0.25) is 13.9 Å². The summed E-state index contributed by atoms with van der Waals surface area (Å²) in [6, 6.07) is 15.9. The number of carbonyl (C=O) groups is 2. The molecule has 0 heterocycles. The van der Waals surface area contributed by atoms with Crippen LogP contribution in [-0.4, -0.2) is 43.8 Å². The van der Waals surface area contributed by atoms with Crippen LogP contribution in [0.15, 0.2) is 65.6 Å². The highest BCUT2D eigenvalue weighted by molar-refractivity contribution is 7.92. The van der Waals surface area contributed by atoms with Crippen LogP contribution in [0, 0.1) is 20.8 Å². The summed E-state index contributed by atoms with van der Waals surface area (Å²) in [5, 5.41) is 3.56. The lowest BCUT2D eigenvalue weighted by molar-refractivity contribution is -0.140. The van der Waals surface area contributed by atoms with E-state index in [1.54, 1.807) is 50.2 Å². The van der Waals surface area contributed by atoms with Crippen LogP contribution in [0.4, 0.5) is 5.69 Å². The van der Waals surface area contributed by atoms with Gasteiger partial charge in [0.15, 0.2) is 0 Å². The van der Waals surface area contributed by atoms with Crippen molar-refractivity contribution in [3.05, 3.63) is 93.0 Å². The van der Waals surface area contributed by atoms with E-state index in [4.69, 9.17) is 23.2 Å². The summed E-state index contributed by atoms with van der Waals surface area (Å²) < 4.78 is 29.3. The third-order valence-electron chi connectivity index (χ3n) is 6.73. The minimum Gasteiger partial charge on any atom is -0.352 e. The van der Waals surface area contributed by atoms with E-state index < -0.39 is 28.5 Å². The average molecular weight is 619 g/mol. The van der Waals surface area contributed by atoms with Crippen molar-refractivity contribution in [3.8, 4) is 0 Å². The Morgan fingerprint density at radius 3 is 2.05 bits per heavy atom. The van der Waals surface area contributed by atoms with Crippen LogP contribution < -0.4 is 9.62 Å². The lowest BCUT2D eigenvalue weighted by Crippen LogP contribution is -2.53. The molecule has 1 unspecified atom stereocenters. The molecule has 41 heavy (non-hydrogen) atoms. The standard InChI is InChI=1S/C31H37Cl2N3O4S/c1-7-28(31(38)34-20(2)3)35(18-25-26(32)9-8-10-27(25)33)30(37)19-36(29-17-22(5)11-14-23(29)6)41(39,40)24-15-12-21(4)13-16-24/h8-17,20,28H,7,18-19H2,1-6H3,(H,34,38). The molecule has 2 amide bonds. The molecule has 7 nitrogen and oxygen atoms in total. The molecule has 0 aromatic heterocycles. The topological polar surface area (TPSA) is 86.8 Å². The molecule has 3 aromatic rings. The number of hydrogen-bond acceptors (Lipinski definition) is 4. The molecule has 0 aliphatic rings. The normalized spacial score (nSPS) is 12.2. The van der Waals surface area contributed by atoms with Crippen molar-refractivity contribution in [1.82, 2.24) is 10.2 Å². The number of carbonyl (C=O) groups excluding carboxylic acids is 2. The molecular formula is C31H37Cl2N3O4S.